The van der Waals surface area contributed by atoms with Crippen LogP contribution in [0.2, 0.25) is 0 Å². The average Bonchev–Trinajstić information content (AvgIpc) is 3.03. The lowest BCUT2D eigenvalue weighted by Crippen LogP contribution is -2.15. The van der Waals surface area contributed by atoms with Gasteiger partial charge in [-0.05, 0) is 37.5 Å². The first-order valence-electron chi connectivity index (χ1n) is 5.44. The molecule has 15 heavy (non-hydrogen) atoms. The summed E-state index contributed by atoms with van der Waals surface area (Å²) in [5, 5.41) is 3.34. The number of hydrogen-bond donors (Lipinski definition) is 1. The predicted octanol–water partition coefficient (Wildman–Crippen LogP) is 2.48. The Hall–Kier alpha value is -1.09. The SMILES string of the molecule is CCOc1ccc(CNC2CC2)cc1F. The summed E-state index contributed by atoms with van der Waals surface area (Å²) in [4.78, 5) is 0. The topological polar surface area (TPSA) is 21.3 Å². The van der Waals surface area contributed by atoms with Crippen molar-refractivity contribution in [3.63, 3.8) is 0 Å². The molecule has 0 heterocycles. The predicted molar refractivity (Wildman–Crippen MR) is 57.4 cm³/mol. The quantitative estimate of drug-likeness (QED) is 0.804. The Balaban J connectivity index is 1.96. The van der Waals surface area contributed by atoms with Gasteiger partial charge in [-0.15, -0.1) is 0 Å². The second-order valence-corrected chi connectivity index (χ2v) is 3.85. The standard InChI is InChI=1S/C12H16FNO/c1-2-15-12-6-3-9(7-11(12)13)8-14-10-4-5-10/h3,6-7,10,14H,2,4-5,8H2,1H3. The highest BCUT2D eigenvalue weighted by atomic mass is 19.1. The molecule has 2 rings (SSSR count). The third-order valence-electron chi connectivity index (χ3n) is 2.47. The fourth-order valence-corrected chi connectivity index (χ4v) is 1.48. The molecule has 1 aliphatic carbocycles. The van der Waals surface area contributed by atoms with Crippen LogP contribution in [0.25, 0.3) is 0 Å². The molecule has 0 saturated heterocycles. The van der Waals surface area contributed by atoms with E-state index in [1.807, 2.05) is 13.0 Å². The summed E-state index contributed by atoms with van der Waals surface area (Å²) in [6.07, 6.45) is 2.50. The van der Waals surface area contributed by atoms with E-state index in [0.717, 1.165) is 12.1 Å². The maximum Gasteiger partial charge on any atom is 0.165 e. The van der Waals surface area contributed by atoms with Crippen molar-refractivity contribution in [3.8, 4) is 5.75 Å². The highest BCUT2D eigenvalue weighted by molar-refractivity contribution is 5.29. The van der Waals surface area contributed by atoms with E-state index < -0.39 is 0 Å². The molecule has 0 radical (unpaired) electrons. The molecule has 1 N–H and O–H groups in total. The third kappa shape index (κ3) is 2.93. The summed E-state index contributed by atoms with van der Waals surface area (Å²) in [5.41, 5.74) is 0.975. The molecule has 0 aliphatic heterocycles. The van der Waals surface area contributed by atoms with Gasteiger partial charge in [0.05, 0.1) is 6.61 Å². The molecule has 82 valence electrons. The molecular weight excluding hydrogens is 193 g/mol. The van der Waals surface area contributed by atoms with Crippen molar-refractivity contribution >= 4 is 0 Å². The van der Waals surface area contributed by atoms with E-state index in [1.54, 1.807) is 12.1 Å². The Labute approximate surface area is 89.4 Å². The van der Waals surface area contributed by atoms with Crippen molar-refractivity contribution in [2.45, 2.75) is 32.4 Å². The minimum absolute atomic E-state index is 0.271. The van der Waals surface area contributed by atoms with Crippen molar-refractivity contribution < 1.29 is 9.13 Å². The summed E-state index contributed by atoms with van der Waals surface area (Å²) >= 11 is 0. The average molecular weight is 209 g/mol. The van der Waals surface area contributed by atoms with Gasteiger partial charge in [0.15, 0.2) is 11.6 Å². The van der Waals surface area contributed by atoms with Crippen LogP contribution < -0.4 is 10.1 Å². The van der Waals surface area contributed by atoms with Crippen molar-refractivity contribution in [3.05, 3.63) is 29.6 Å². The van der Waals surface area contributed by atoms with E-state index in [0.29, 0.717) is 18.4 Å². The summed E-state index contributed by atoms with van der Waals surface area (Å²) < 4.78 is 18.6. The molecule has 0 amide bonds. The molecule has 1 aliphatic rings. The zero-order valence-electron chi connectivity index (χ0n) is 8.92. The first kappa shape index (κ1) is 10.4. The van der Waals surface area contributed by atoms with Crippen LogP contribution in [0.3, 0.4) is 0 Å². The molecular formula is C12H16FNO. The molecule has 1 saturated carbocycles. The van der Waals surface area contributed by atoms with Crippen LogP contribution in [0.15, 0.2) is 18.2 Å². The van der Waals surface area contributed by atoms with Gasteiger partial charge in [0.1, 0.15) is 0 Å². The van der Waals surface area contributed by atoms with E-state index in [1.165, 1.54) is 12.8 Å². The van der Waals surface area contributed by atoms with Crippen molar-refractivity contribution in [1.82, 2.24) is 5.32 Å². The number of halogens is 1. The number of nitrogens with one attached hydrogen (secondary N) is 1. The van der Waals surface area contributed by atoms with Gasteiger partial charge in [-0.25, -0.2) is 4.39 Å². The van der Waals surface area contributed by atoms with Crippen LogP contribution in [-0.4, -0.2) is 12.6 Å². The van der Waals surface area contributed by atoms with Gasteiger partial charge in [0.2, 0.25) is 0 Å². The zero-order valence-corrected chi connectivity index (χ0v) is 8.92. The lowest BCUT2D eigenvalue weighted by atomic mass is 10.2. The number of benzene rings is 1. The van der Waals surface area contributed by atoms with Gasteiger partial charge in [0.25, 0.3) is 0 Å². The molecule has 0 atom stereocenters. The monoisotopic (exact) mass is 209 g/mol. The Morgan fingerprint density at radius 1 is 1.47 bits per heavy atom. The number of hydrogen-bond acceptors (Lipinski definition) is 2. The molecule has 1 aromatic rings. The van der Waals surface area contributed by atoms with E-state index in [2.05, 4.69) is 5.32 Å². The Morgan fingerprint density at radius 3 is 2.87 bits per heavy atom. The zero-order chi connectivity index (χ0) is 10.7. The summed E-state index contributed by atoms with van der Waals surface area (Å²) in [6.45, 7) is 3.09. The van der Waals surface area contributed by atoms with Crippen LogP contribution in [0, 0.1) is 5.82 Å². The summed E-state index contributed by atoms with van der Waals surface area (Å²) in [6, 6.07) is 5.80. The molecule has 1 aromatic carbocycles. The van der Waals surface area contributed by atoms with Crippen LogP contribution in [0.1, 0.15) is 25.3 Å². The number of ether oxygens (including phenoxy) is 1. The first-order valence-corrected chi connectivity index (χ1v) is 5.44. The van der Waals surface area contributed by atoms with Gasteiger partial charge >= 0.3 is 0 Å². The highest BCUT2D eigenvalue weighted by Crippen LogP contribution is 2.21. The Kier molecular flexibility index (Phi) is 3.21. The van der Waals surface area contributed by atoms with Crippen LogP contribution in [0.5, 0.6) is 5.75 Å². The molecule has 1 fully saturated rings. The van der Waals surface area contributed by atoms with Crippen molar-refractivity contribution in [1.29, 1.82) is 0 Å². The molecule has 3 heteroatoms. The molecule has 0 aromatic heterocycles. The normalized spacial score (nSPS) is 15.3. The van der Waals surface area contributed by atoms with Crippen LogP contribution in [-0.2, 0) is 6.54 Å². The van der Waals surface area contributed by atoms with Crippen molar-refractivity contribution in [2.24, 2.45) is 0 Å². The smallest absolute Gasteiger partial charge is 0.165 e. The molecule has 0 spiro atoms. The maximum absolute atomic E-state index is 13.4. The lowest BCUT2D eigenvalue weighted by Gasteiger charge is -2.07. The molecule has 2 nitrogen and oxygen atoms in total. The summed E-state index contributed by atoms with van der Waals surface area (Å²) in [5.74, 6) is 0.0691. The summed E-state index contributed by atoms with van der Waals surface area (Å²) in [7, 11) is 0. The molecule has 0 bridgehead atoms. The highest BCUT2D eigenvalue weighted by Gasteiger charge is 2.20. The van der Waals surface area contributed by atoms with Gasteiger partial charge in [-0.2, -0.15) is 0 Å². The Bertz CT molecular complexity index is 336. The van der Waals surface area contributed by atoms with Gasteiger partial charge in [0, 0.05) is 12.6 Å². The van der Waals surface area contributed by atoms with Crippen LogP contribution >= 0.6 is 0 Å². The van der Waals surface area contributed by atoms with E-state index in [4.69, 9.17) is 4.74 Å². The molecule has 0 unspecified atom stereocenters. The fourth-order valence-electron chi connectivity index (χ4n) is 1.48. The van der Waals surface area contributed by atoms with Crippen molar-refractivity contribution in [2.75, 3.05) is 6.61 Å². The fraction of sp³-hybridized carbons (Fsp3) is 0.500. The van der Waals surface area contributed by atoms with E-state index >= 15 is 0 Å². The lowest BCUT2D eigenvalue weighted by molar-refractivity contribution is 0.321. The van der Waals surface area contributed by atoms with Gasteiger partial charge < -0.3 is 10.1 Å². The second-order valence-electron chi connectivity index (χ2n) is 3.85. The second kappa shape index (κ2) is 4.62. The van der Waals surface area contributed by atoms with Crippen LogP contribution in [0.4, 0.5) is 4.39 Å². The number of rotatable bonds is 5. The maximum atomic E-state index is 13.4. The minimum atomic E-state index is -0.271. The van der Waals surface area contributed by atoms with Gasteiger partial charge in [-0.3, -0.25) is 0 Å². The first-order chi connectivity index (χ1) is 7.29. The minimum Gasteiger partial charge on any atom is -0.491 e. The van der Waals surface area contributed by atoms with E-state index in [-0.39, 0.29) is 5.82 Å². The largest absolute Gasteiger partial charge is 0.491 e. The third-order valence-corrected chi connectivity index (χ3v) is 2.47. The van der Waals surface area contributed by atoms with E-state index in [9.17, 15) is 4.39 Å². The van der Waals surface area contributed by atoms with Gasteiger partial charge in [-0.1, -0.05) is 6.07 Å². The Morgan fingerprint density at radius 2 is 2.27 bits per heavy atom.